The van der Waals surface area contributed by atoms with Gasteiger partial charge in [0.25, 0.3) is 0 Å². The maximum Gasteiger partial charge on any atom is 0.339 e. The molecule has 0 saturated carbocycles. The van der Waals surface area contributed by atoms with Crippen LogP contribution < -0.4 is 4.72 Å². The molecule has 0 aliphatic rings. The highest BCUT2D eigenvalue weighted by molar-refractivity contribution is 7.92. The second-order valence-electron chi connectivity index (χ2n) is 4.87. The Bertz CT molecular complexity index is 899. The van der Waals surface area contributed by atoms with Gasteiger partial charge in [0.2, 0.25) is 10.0 Å². The molecule has 0 aliphatic carbocycles. The van der Waals surface area contributed by atoms with Crippen LogP contribution in [0.1, 0.15) is 21.6 Å². The first kappa shape index (κ1) is 19.0. The predicted octanol–water partition coefficient (Wildman–Crippen LogP) is 2.75. The molecule has 0 fully saturated rings. The number of carbonyl (C=O) groups excluding carboxylic acids is 1. The Kier molecular flexibility index (Phi) is 6.24. The van der Waals surface area contributed by atoms with E-state index >= 15 is 0 Å². The standard InChI is InChI=1S/C16H14ClFN2O4S/c1-24-16(21)12-3-4-13(19-9-12)10-20-25(22,23)7-6-11-2-5-15(18)14(17)8-11/h2-9,20H,10H2,1H3. The molecule has 1 aromatic carbocycles. The van der Waals surface area contributed by atoms with Gasteiger partial charge in [-0.2, -0.15) is 0 Å². The summed E-state index contributed by atoms with van der Waals surface area (Å²) in [6.07, 6.45) is 2.59. The summed E-state index contributed by atoms with van der Waals surface area (Å²) in [6, 6.07) is 6.86. The minimum absolute atomic E-state index is 0.0572. The van der Waals surface area contributed by atoms with Crippen molar-refractivity contribution in [2.45, 2.75) is 6.54 Å². The number of hydrogen-bond acceptors (Lipinski definition) is 5. The van der Waals surface area contributed by atoms with Crippen LogP contribution in [0.25, 0.3) is 6.08 Å². The van der Waals surface area contributed by atoms with E-state index in [1.165, 1.54) is 43.6 Å². The molecule has 0 spiro atoms. The molecule has 0 radical (unpaired) electrons. The third kappa shape index (κ3) is 5.63. The first-order valence-electron chi connectivity index (χ1n) is 6.97. The van der Waals surface area contributed by atoms with Crippen LogP contribution in [0, 0.1) is 5.82 Å². The van der Waals surface area contributed by atoms with Crippen LogP contribution in [0.5, 0.6) is 0 Å². The van der Waals surface area contributed by atoms with E-state index in [9.17, 15) is 17.6 Å². The maximum absolute atomic E-state index is 13.1. The molecule has 2 rings (SSSR count). The van der Waals surface area contributed by atoms with E-state index in [2.05, 4.69) is 14.4 Å². The molecular formula is C16H14ClFN2O4S. The number of nitrogens with zero attached hydrogens (tertiary/aromatic N) is 1. The Morgan fingerprint density at radius 2 is 2.12 bits per heavy atom. The van der Waals surface area contributed by atoms with Gasteiger partial charge in [0.15, 0.2) is 0 Å². The molecule has 132 valence electrons. The monoisotopic (exact) mass is 384 g/mol. The third-order valence-electron chi connectivity index (χ3n) is 3.08. The molecule has 0 amide bonds. The lowest BCUT2D eigenvalue weighted by Gasteiger charge is -2.04. The molecule has 0 atom stereocenters. The number of benzene rings is 1. The zero-order valence-corrected chi connectivity index (χ0v) is 14.6. The molecule has 0 unspecified atom stereocenters. The second-order valence-corrected chi connectivity index (χ2v) is 6.93. The van der Waals surface area contributed by atoms with Crippen LogP contribution in [-0.2, 0) is 21.3 Å². The van der Waals surface area contributed by atoms with E-state index in [-0.39, 0.29) is 17.1 Å². The summed E-state index contributed by atoms with van der Waals surface area (Å²) in [7, 11) is -2.48. The summed E-state index contributed by atoms with van der Waals surface area (Å²) >= 11 is 5.64. The first-order chi connectivity index (χ1) is 11.8. The number of rotatable bonds is 6. The minimum atomic E-state index is -3.73. The molecule has 1 heterocycles. The average Bonchev–Trinajstić information content (AvgIpc) is 2.61. The van der Waals surface area contributed by atoms with Crippen molar-refractivity contribution in [3.8, 4) is 0 Å². The number of nitrogens with one attached hydrogen (secondary N) is 1. The number of carbonyl (C=O) groups is 1. The molecule has 6 nitrogen and oxygen atoms in total. The van der Waals surface area contributed by atoms with Gasteiger partial charge in [-0.05, 0) is 35.9 Å². The van der Waals surface area contributed by atoms with E-state index in [0.717, 1.165) is 11.5 Å². The van der Waals surface area contributed by atoms with Gasteiger partial charge in [-0.15, -0.1) is 0 Å². The molecule has 0 saturated heterocycles. The third-order valence-corrected chi connectivity index (χ3v) is 4.41. The second kappa shape index (κ2) is 8.19. The Hall–Kier alpha value is -2.29. The summed E-state index contributed by atoms with van der Waals surface area (Å²) in [5, 5.41) is 0.849. The molecule has 1 aromatic heterocycles. The van der Waals surface area contributed by atoms with Crippen molar-refractivity contribution in [3.63, 3.8) is 0 Å². The lowest BCUT2D eigenvalue weighted by molar-refractivity contribution is 0.0600. The van der Waals surface area contributed by atoms with E-state index < -0.39 is 21.8 Å². The van der Waals surface area contributed by atoms with Gasteiger partial charge in [-0.1, -0.05) is 17.7 Å². The molecule has 9 heteroatoms. The Morgan fingerprint density at radius 3 is 2.72 bits per heavy atom. The zero-order valence-electron chi connectivity index (χ0n) is 13.1. The van der Waals surface area contributed by atoms with Gasteiger partial charge >= 0.3 is 5.97 Å². The van der Waals surface area contributed by atoms with Gasteiger partial charge in [-0.25, -0.2) is 22.3 Å². The van der Waals surface area contributed by atoms with E-state index in [0.29, 0.717) is 11.3 Å². The Labute approximate surface area is 149 Å². The van der Waals surface area contributed by atoms with Crippen LogP contribution in [0.3, 0.4) is 0 Å². The van der Waals surface area contributed by atoms with E-state index in [4.69, 9.17) is 11.6 Å². The normalized spacial score (nSPS) is 11.6. The van der Waals surface area contributed by atoms with Crippen LogP contribution in [0.15, 0.2) is 41.9 Å². The highest BCUT2D eigenvalue weighted by atomic mass is 35.5. The van der Waals surface area contributed by atoms with Gasteiger partial charge in [0, 0.05) is 11.6 Å². The number of methoxy groups -OCH3 is 1. The number of ether oxygens (including phenoxy) is 1. The number of pyridine rings is 1. The fourth-order valence-corrected chi connectivity index (χ4v) is 2.75. The number of sulfonamides is 1. The molecule has 2 aromatic rings. The van der Waals surface area contributed by atoms with Gasteiger partial charge in [0.1, 0.15) is 5.82 Å². The smallest absolute Gasteiger partial charge is 0.339 e. The lowest BCUT2D eigenvalue weighted by Crippen LogP contribution is -2.21. The fourth-order valence-electron chi connectivity index (χ4n) is 1.77. The van der Waals surface area contributed by atoms with Crippen molar-refractivity contribution in [1.29, 1.82) is 0 Å². The average molecular weight is 385 g/mol. The highest BCUT2D eigenvalue weighted by Gasteiger charge is 2.08. The SMILES string of the molecule is COC(=O)c1ccc(CNS(=O)(=O)C=Cc2ccc(F)c(Cl)c2)nc1. The van der Waals surface area contributed by atoms with Crippen molar-refractivity contribution in [2.24, 2.45) is 0 Å². The van der Waals surface area contributed by atoms with Crippen LogP contribution in [0.4, 0.5) is 4.39 Å². The van der Waals surface area contributed by atoms with Crippen LogP contribution >= 0.6 is 11.6 Å². The summed E-state index contributed by atoms with van der Waals surface area (Å²) in [6.45, 7) is -0.0572. The number of esters is 1. The van der Waals surface area contributed by atoms with Crippen molar-refractivity contribution in [3.05, 3.63) is 69.6 Å². The topological polar surface area (TPSA) is 85.4 Å². The van der Waals surface area contributed by atoms with Gasteiger partial charge in [0.05, 0.1) is 29.9 Å². The molecular weight excluding hydrogens is 371 g/mol. The molecule has 0 bridgehead atoms. The number of hydrogen-bond donors (Lipinski definition) is 1. The highest BCUT2D eigenvalue weighted by Crippen LogP contribution is 2.17. The van der Waals surface area contributed by atoms with Crippen molar-refractivity contribution < 1.29 is 22.3 Å². The van der Waals surface area contributed by atoms with Crippen molar-refractivity contribution >= 4 is 33.7 Å². The van der Waals surface area contributed by atoms with Crippen LogP contribution in [0.2, 0.25) is 5.02 Å². The van der Waals surface area contributed by atoms with Crippen LogP contribution in [-0.4, -0.2) is 26.5 Å². The minimum Gasteiger partial charge on any atom is -0.465 e. The summed E-state index contributed by atoms with van der Waals surface area (Å²) in [5.74, 6) is -1.11. The fraction of sp³-hybridized carbons (Fsp3) is 0.125. The van der Waals surface area contributed by atoms with E-state index in [1.807, 2.05) is 0 Å². The van der Waals surface area contributed by atoms with Gasteiger partial charge < -0.3 is 4.74 Å². The Balaban J connectivity index is 2.00. The molecule has 0 aliphatic heterocycles. The Morgan fingerprint density at radius 1 is 1.36 bits per heavy atom. The largest absolute Gasteiger partial charge is 0.465 e. The zero-order chi connectivity index (χ0) is 18.4. The molecule has 1 N–H and O–H groups in total. The summed E-state index contributed by atoms with van der Waals surface area (Å²) in [4.78, 5) is 15.3. The quantitative estimate of drug-likeness (QED) is 0.774. The number of aromatic nitrogens is 1. The van der Waals surface area contributed by atoms with E-state index in [1.54, 1.807) is 0 Å². The predicted molar refractivity (Wildman–Crippen MR) is 91.8 cm³/mol. The maximum atomic E-state index is 13.1. The molecule has 25 heavy (non-hydrogen) atoms. The lowest BCUT2D eigenvalue weighted by atomic mass is 10.2. The first-order valence-corrected chi connectivity index (χ1v) is 8.89. The summed E-state index contributed by atoms with van der Waals surface area (Å²) in [5.41, 5.74) is 1.13. The van der Waals surface area contributed by atoms with Gasteiger partial charge in [-0.3, -0.25) is 4.98 Å². The number of halogens is 2. The summed E-state index contributed by atoms with van der Waals surface area (Å²) < 4.78 is 43.8. The van der Waals surface area contributed by atoms with Crippen molar-refractivity contribution in [1.82, 2.24) is 9.71 Å². The van der Waals surface area contributed by atoms with Crippen molar-refractivity contribution in [2.75, 3.05) is 7.11 Å².